The fourth-order valence-electron chi connectivity index (χ4n) is 5.37. The van der Waals surface area contributed by atoms with Gasteiger partial charge in [0.2, 0.25) is 5.78 Å². The van der Waals surface area contributed by atoms with E-state index in [1.807, 2.05) is 6.92 Å². The van der Waals surface area contributed by atoms with Crippen LogP contribution in [0.3, 0.4) is 0 Å². The lowest BCUT2D eigenvalue weighted by Crippen LogP contribution is -2.64. The van der Waals surface area contributed by atoms with Crippen molar-refractivity contribution in [1.29, 1.82) is 0 Å². The normalized spacial score (nSPS) is 37.3. The molecule has 2 saturated heterocycles. The van der Waals surface area contributed by atoms with Crippen LogP contribution in [0.4, 0.5) is 0 Å². The summed E-state index contributed by atoms with van der Waals surface area (Å²) in [5.74, 6) is -0.0753. The first-order valence-corrected chi connectivity index (χ1v) is 8.49. The molecule has 4 rings (SSSR count). The number of hydrogen-bond acceptors (Lipinski definition) is 5. The molecule has 2 fully saturated rings. The highest BCUT2D eigenvalue weighted by Gasteiger charge is 2.74. The first-order chi connectivity index (χ1) is 11.0. The molecule has 0 aromatic rings. The van der Waals surface area contributed by atoms with Crippen molar-refractivity contribution in [2.75, 3.05) is 20.2 Å². The van der Waals surface area contributed by atoms with Gasteiger partial charge in [-0.05, 0) is 70.2 Å². The molecule has 0 N–H and O–H groups in total. The molecule has 0 radical (unpaired) electrons. The largest absolute Gasteiger partial charge is 0.496 e. The summed E-state index contributed by atoms with van der Waals surface area (Å²) in [4.78, 5) is 28.1. The Balaban J connectivity index is 2.02. The molecule has 2 spiro atoms. The first-order valence-electron chi connectivity index (χ1n) is 8.49. The van der Waals surface area contributed by atoms with Crippen LogP contribution in [0.1, 0.15) is 46.0 Å². The number of esters is 1. The Kier molecular flexibility index (Phi) is 3.05. The first kappa shape index (κ1) is 14.9. The van der Waals surface area contributed by atoms with E-state index >= 15 is 0 Å². The van der Waals surface area contributed by atoms with Crippen LogP contribution in [0.25, 0.3) is 0 Å². The number of ketones is 1. The van der Waals surface area contributed by atoms with Crippen molar-refractivity contribution in [2.24, 2.45) is 0 Å². The third-order valence-electron chi connectivity index (χ3n) is 6.22. The number of hydrogen-bond donors (Lipinski definition) is 0. The summed E-state index contributed by atoms with van der Waals surface area (Å²) >= 11 is 0. The quantitative estimate of drug-likeness (QED) is 0.693. The fourth-order valence-corrected chi connectivity index (χ4v) is 5.37. The number of ether oxygens (including phenoxy) is 2. The molecule has 23 heavy (non-hydrogen) atoms. The lowest BCUT2D eigenvalue weighted by Gasteiger charge is -2.46. The zero-order chi connectivity index (χ0) is 16.4. The maximum absolute atomic E-state index is 13.3. The topological polar surface area (TPSA) is 55.8 Å². The van der Waals surface area contributed by atoms with Crippen LogP contribution >= 0.6 is 0 Å². The summed E-state index contributed by atoms with van der Waals surface area (Å²) in [6, 6.07) is 0. The molecule has 0 amide bonds. The molecule has 2 atom stereocenters. The molecule has 1 aliphatic carbocycles. The van der Waals surface area contributed by atoms with E-state index < -0.39 is 17.1 Å². The van der Waals surface area contributed by atoms with Crippen molar-refractivity contribution in [3.05, 3.63) is 22.5 Å². The molecule has 0 bridgehead atoms. The summed E-state index contributed by atoms with van der Waals surface area (Å²) in [6.07, 6.45) is 4.96. The van der Waals surface area contributed by atoms with Gasteiger partial charge in [-0.3, -0.25) is 9.69 Å². The van der Waals surface area contributed by atoms with Crippen LogP contribution in [-0.4, -0.2) is 48.0 Å². The Hall–Kier alpha value is -1.62. The minimum Gasteiger partial charge on any atom is -0.496 e. The van der Waals surface area contributed by atoms with Gasteiger partial charge in [0.05, 0.1) is 18.2 Å². The van der Waals surface area contributed by atoms with E-state index in [9.17, 15) is 9.59 Å². The zero-order valence-corrected chi connectivity index (χ0v) is 14.0. The van der Waals surface area contributed by atoms with Gasteiger partial charge in [-0.2, -0.15) is 0 Å². The summed E-state index contributed by atoms with van der Waals surface area (Å²) in [6.45, 7) is 5.48. The predicted molar refractivity (Wildman–Crippen MR) is 83.6 cm³/mol. The number of rotatable bonds is 1. The summed E-state index contributed by atoms with van der Waals surface area (Å²) < 4.78 is 11.5. The van der Waals surface area contributed by atoms with E-state index in [0.29, 0.717) is 11.3 Å². The third-order valence-corrected chi connectivity index (χ3v) is 6.22. The van der Waals surface area contributed by atoms with Crippen molar-refractivity contribution < 1.29 is 19.1 Å². The van der Waals surface area contributed by atoms with E-state index in [0.717, 1.165) is 50.8 Å². The monoisotopic (exact) mass is 317 g/mol. The van der Waals surface area contributed by atoms with Gasteiger partial charge >= 0.3 is 5.97 Å². The summed E-state index contributed by atoms with van der Waals surface area (Å²) in [5, 5.41) is 0. The van der Waals surface area contributed by atoms with Gasteiger partial charge in [0.15, 0.2) is 5.76 Å². The molecular formula is C18H23NO4. The highest BCUT2D eigenvalue weighted by atomic mass is 16.6. The zero-order valence-electron chi connectivity index (χ0n) is 14.0. The van der Waals surface area contributed by atoms with E-state index in [2.05, 4.69) is 4.90 Å². The van der Waals surface area contributed by atoms with E-state index in [1.54, 1.807) is 6.92 Å². The van der Waals surface area contributed by atoms with Crippen molar-refractivity contribution in [1.82, 2.24) is 4.90 Å². The molecule has 0 aromatic heterocycles. The van der Waals surface area contributed by atoms with Gasteiger partial charge in [-0.25, -0.2) is 4.79 Å². The Morgan fingerprint density at radius 2 is 1.83 bits per heavy atom. The lowest BCUT2D eigenvalue weighted by atomic mass is 9.73. The summed E-state index contributed by atoms with van der Waals surface area (Å²) in [7, 11) is 1.54. The smallest absolute Gasteiger partial charge is 0.338 e. The molecule has 124 valence electrons. The van der Waals surface area contributed by atoms with Crippen molar-refractivity contribution in [3.8, 4) is 0 Å². The molecule has 0 saturated carbocycles. The fraction of sp³-hybridized carbons (Fsp3) is 0.667. The Bertz CT molecular complexity index is 677. The second-order valence-corrected chi connectivity index (χ2v) is 7.07. The maximum atomic E-state index is 13.3. The Labute approximate surface area is 136 Å². The second-order valence-electron chi connectivity index (χ2n) is 7.07. The third kappa shape index (κ3) is 1.47. The SMILES string of the molecule is COC1=C(C)C(=O)OC12C(=O)C(C)=C1CCCCN3CCCC132. The van der Waals surface area contributed by atoms with Gasteiger partial charge in [-0.15, -0.1) is 0 Å². The summed E-state index contributed by atoms with van der Waals surface area (Å²) in [5.41, 5.74) is 0.567. The van der Waals surface area contributed by atoms with E-state index in [4.69, 9.17) is 9.47 Å². The van der Waals surface area contributed by atoms with Crippen LogP contribution in [0, 0.1) is 0 Å². The highest BCUT2D eigenvalue weighted by Crippen LogP contribution is 2.60. The highest BCUT2D eigenvalue weighted by molar-refractivity contribution is 6.14. The number of methoxy groups -OCH3 is 1. The molecule has 5 heteroatoms. The van der Waals surface area contributed by atoms with Gasteiger partial charge in [-0.1, -0.05) is 0 Å². The molecule has 3 aliphatic heterocycles. The maximum Gasteiger partial charge on any atom is 0.338 e. The number of Topliss-reactive ketones (excluding diaryl/α,β-unsaturated/α-hetero) is 1. The minimum atomic E-state index is -1.29. The number of nitrogens with zero attached hydrogens (tertiary/aromatic N) is 1. The Morgan fingerprint density at radius 3 is 2.57 bits per heavy atom. The Morgan fingerprint density at radius 1 is 1.09 bits per heavy atom. The van der Waals surface area contributed by atoms with Gasteiger partial charge < -0.3 is 9.47 Å². The average Bonchev–Trinajstić information content (AvgIpc) is 3.06. The standard InChI is InChI=1S/C18H23NO4/c1-11-13-7-4-5-9-19-10-6-8-17(13,19)18(14(11)20)15(22-3)12(2)16(21)23-18/h4-10H2,1-3H3. The van der Waals surface area contributed by atoms with E-state index in [-0.39, 0.29) is 5.78 Å². The predicted octanol–water partition coefficient (Wildman–Crippen LogP) is 2.12. The molecule has 4 aliphatic rings. The van der Waals surface area contributed by atoms with Crippen molar-refractivity contribution in [3.63, 3.8) is 0 Å². The lowest BCUT2D eigenvalue weighted by molar-refractivity contribution is -0.166. The van der Waals surface area contributed by atoms with Crippen LogP contribution in [0.5, 0.6) is 0 Å². The van der Waals surface area contributed by atoms with Gasteiger partial charge in [0.1, 0.15) is 0 Å². The van der Waals surface area contributed by atoms with Crippen LogP contribution < -0.4 is 0 Å². The van der Waals surface area contributed by atoms with Gasteiger partial charge in [0, 0.05) is 0 Å². The van der Waals surface area contributed by atoms with Crippen LogP contribution in [-0.2, 0) is 19.1 Å². The van der Waals surface area contributed by atoms with Crippen LogP contribution in [0.15, 0.2) is 22.5 Å². The molecule has 3 heterocycles. The average molecular weight is 317 g/mol. The molecule has 2 unspecified atom stereocenters. The van der Waals surface area contributed by atoms with Crippen molar-refractivity contribution >= 4 is 11.8 Å². The molecule has 0 aromatic carbocycles. The minimum absolute atomic E-state index is 0.0802. The number of carbonyl (C=O) groups is 2. The van der Waals surface area contributed by atoms with Crippen molar-refractivity contribution in [2.45, 2.75) is 57.1 Å². The van der Waals surface area contributed by atoms with Crippen LogP contribution in [0.2, 0.25) is 0 Å². The molecule has 5 nitrogen and oxygen atoms in total. The number of carbonyl (C=O) groups excluding carboxylic acids is 2. The van der Waals surface area contributed by atoms with E-state index in [1.165, 1.54) is 12.7 Å². The van der Waals surface area contributed by atoms with Gasteiger partial charge in [0.25, 0.3) is 5.60 Å². The second kappa shape index (κ2) is 4.69. The molecular weight excluding hydrogens is 294 g/mol.